The number of aryl methyl sites for hydroxylation is 1. The fourth-order valence-electron chi connectivity index (χ4n) is 2.81. The summed E-state index contributed by atoms with van der Waals surface area (Å²) in [4.78, 5) is 13.1. The van der Waals surface area contributed by atoms with Crippen LogP contribution in [0, 0.1) is 6.92 Å². The number of ketones is 1. The van der Waals surface area contributed by atoms with Crippen molar-refractivity contribution < 1.29 is 14.3 Å². The molecule has 0 amide bonds. The summed E-state index contributed by atoms with van der Waals surface area (Å²) in [5.41, 5.74) is 3.42. The second-order valence-corrected chi connectivity index (χ2v) is 7.37. The molecule has 3 heteroatoms. The average molecular weight is 324 g/mol. The highest BCUT2D eigenvalue weighted by Crippen LogP contribution is 2.29. The molecule has 1 aliphatic rings. The lowest BCUT2D eigenvalue weighted by molar-refractivity contribution is 0.103. The number of benzene rings is 2. The molecule has 1 saturated heterocycles. The largest absolute Gasteiger partial charge is 0.491 e. The molecule has 1 atom stereocenters. The van der Waals surface area contributed by atoms with Gasteiger partial charge in [0.15, 0.2) is 5.78 Å². The van der Waals surface area contributed by atoms with Crippen molar-refractivity contribution in [2.45, 2.75) is 39.2 Å². The fraction of sp³-hybridized carbons (Fsp3) is 0.381. The number of hydrogen-bond acceptors (Lipinski definition) is 3. The highest BCUT2D eigenvalue weighted by Gasteiger charge is 2.24. The van der Waals surface area contributed by atoms with Crippen LogP contribution in [-0.2, 0) is 10.2 Å². The average Bonchev–Trinajstić information content (AvgIpc) is 3.36. The smallest absolute Gasteiger partial charge is 0.193 e. The van der Waals surface area contributed by atoms with Gasteiger partial charge in [0.1, 0.15) is 18.5 Å². The maximum absolute atomic E-state index is 13.1. The van der Waals surface area contributed by atoms with E-state index in [1.54, 1.807) is 0 Å². The first kappa shape index (κ1) is 16.7. The molecule has 24 heavy (non-hydrogen) atoms. The molecule has 0 saturated carbocycles. The summed E-state index contributed by atoms with van der Waals surface area (Å²) in [6, 6.07) is 13.5. The second-order valence-electron chi connectivity index (χ2n) is 7.37. The molecule has 3 rings (SSSR count). The van der Waals surface area contributed by atoms with Crippen LogP contribution in [0.15, 0.2) is 42.5 Å². The second kappa shape index (κ2) is 6.40. The van der Waals surface area contributed by atoms with E-state index in [0.29, 0.717) is 6.61 Å². The molecule has 3 nitrogen and oxygen atoms in total. The molecule has 0 spiro atoms. The van der Waals surface area contributed by atoms with Gasteiger partial charge in [0.2, 0.25) is 0 Å². The minimum Gasteiger partial charge on any atom is -0.491 e. The lowest BCUT2D eigenvalue weighted by atomic mass is 9.81. The summed E-state index contributed by atoms with van der Waals surface area (Å²) in [6.45, 7) is 9.68. The molecular weight excluding hydrogens is 300 g/mol. The van der Waals surface area contributed by atoms with Crippen LogP contribution >= 0.6 is 0 Å². The van der Waals surface area contributed by atoms with E-state index in [2.05, 4.69) is 20.8 Å². The summed E-state index contributed by atoms with van der Waals surface area (Å²) >= 11 is 0. The van der Waals surface area contributed by atoms with Crippen molar-refractivity contribution in [3.8, 4) is 5.75 Å². The van der Waals surface area contributed by atoms with Crippen LogP contribution in [0.25, 0.3) is 0 Å². The number of hydrogen-bond donors (Lipinski definition) is 0. The molecule has 0 N–H and O–H groups in total. The first-order chi connectivity index (χ1) is 11.4. The summed E-state index contributed by atoms with van der Waals surface area (Å²) in [7, 11) is 0. The first-order valence-electron chi connectivity index (χ1n) is 8.35. The van der Waals surface area contributed by atoms with Crippen LogP contribution < -0.4 is 4.74 Å². The van der Waals surface area contributed by atoms with E-state index < -0.39 is 0 Å². The Morgan fingerprint density at radius 2 is 1.88 bits per heavy atom. The zero-order valence-electron chi connectivity index (χ0n) is 14.8. The Morgan fingerprint density at radius 3 is 2.50 bits per heavy atom. The maximum atomic E-state index is 13.1. The van der Waals surface area contributed by atoms with E-state index in [1.165, 1.54) is 0 Å². The molecule has 0 radical (unpaired) electrons. The van der Waals surface area contributed by atoms with Gasteiger partial charge in [-0.15, -0.1) is 0 Å². The SMILES string of the molecule is Cc1cc(OCC2CO2)ccc1C(=O)c1ccccc1C(C)(C)C. The molecule has 0 aliphatic carbocycles. The Hall–Kier alpha value is -2.13. The minimum atomic E-state index is -0.0759. The lowest BCUT2D eigenvalue weighted by Crippen LogP contribution is -2.17. The monoisotopic (exact) mass is 324 g/mol. The fourth-order valence-corrected chi connectivity index (χ4v) is 2.81. The van der Waals surface area contributed by atoms with Crippen LogP contribution in [0.4, 0.5) is 0 Å². The van der Waals surface area contributed by atoms with E-state index in [4.69, 9.17) is 9.47 Å². The summed E-state index contributed by atoms with van der Waals surface area (Å²) < 4.78 is 10.8. The molecule has 1 aliphatic heterocycles. The third kappa shape index (κ3) is 3.68. The Balaban J connectivity index is 1.87. The van der Waals surface area contributed by atoms with Gasteiger partial charge in [-0.3, -0.25) is 4.79 Å². The van der Waals surface area contributed by atoms with Gasteiger partial charge in [0, 0.05) is 11.1 Å². The highest BCUT2D eigenvalue weighted by molar-refractivity contribution is 6.11. The van der Waals surface area contributed by atoms with Crippen molar-refractivity contribution in [3.05, 3.63) is 64.7 Å². The topological polar surface area (TPSA) is 38.8 Å². The zero-order chi connectivity index (χ0) is 17.3. The van der Waals surface area contributed by atoms with Gasteiger partial charge in [-0.2, -0.15) is 0 Å². The van der Waals surface area contributed by atoms with Crippen LogP contribution in [0.5, 0.6) is 5.75 Å². The van der Waals surface area contributed by atoms with Crippen LogP contribution in [0.1, 0.15) is 47.8 Å². The molecule has 0 aromatic heterocycles. The normalized spacial score (nSPS) is 16.8. The molecule has 1 heterocycles. The van der Waals surface area contributed by atoms with Gasteiger partial charge in [-0.25, -0.2) is 0 Å². The molecule has 1 unspecified atom stereocenters. The zero-order valence-corrected chi connectivity index (χ0v) is 14.8. The van der Waals surface area contributed by atoms with Gasteiger partial charge < -0.3 is 9.47 Å². The van der Waals surface area contributed by atoms with E-state index in [-0.39, 0.29) is 17.3 Å². The third-order valence-electron chi connectivity index (χ3n) is 4.26. The standard InChI is InChI=1S/C21H24O3/c1-14-11-15(23-12-16-13-24-16)9-10-17(14)20(22)18-7-5-6-8-19(18)21(2,3)4/h5-11,16H,12-13H2,1-4H3. The van der Waals surface area contributed by atoms with Gasteiger partial charge in [0.05, 0.1) is 6.61 Å². The highest BCUT2D eigenvalue weighted by atomic mass is 16.6. The van der Waals surface area contributed by atoms with Crippen molar-refractivity contribution in [3.63, 3.8) is 0 Å². The van der Waals surface area contributed by atoms with Crippen LogP contribution in [0.3, 0.4) is 0 Å². The Labute approximate surface area is 143 Å². The molecule has 1 fully saturated rings. The molecule has 2 aromatic carbocycles. The van der Waals surface area contributed by atoms with Gasteiger partial charge in [-0.1, -0.05) is 45.0 Å². The van der Waals surface area contributed by atoms with Crippen molar-refractivity contribution >= 4 is 5.78 Å². The Kier molecular flexibility index (Phi) is 4.46. The summed E-state index contributed by atoms with van der Waals surface area (Å²) in [6.07, 6.45) is 0.227. The predicted molar refractivity (Wildman–Crippen MR) is 95.0 cm³/mol. The first-order valence-corrected chi connectivity index (χ1v) is 8.35. The van der Waals surface area contributed by atoms with Gasteiger partial charge >= 0.3 is 0 Å². The number of epoxide rings is 1. The molecular formula is C21H24O3. The quantitative estimate of drug-likeness (QED) is 0.608. The third-order valence-corrected chi connectivity index (χ3v) is 4.26. The molecule has 0 bridgehead atoms. The van der Waals surface area contributed by atoms with Crippen LogP contribution in [0.2, 0.25) is 0 Å². The number of ether oxygens (including phenoxy) is 2. The van der Waals surface area contributed by atoms with Crippen molar-refractivity contribution in [2.75, 3.05) is 13.2 Å². The van der Waals surface area contributed by atoms with Gasteiger partial charge in [0.25, 0.3) is 0 Å². The van der Waals surface area contributed by atoms with Crippen molar-refractivity contribution in [2.24, 2.45) is 0 Å². The summed E-state index contributed by atoms with van der Waals surface area (Å²) in [5.74, 6) is 0.846. The maximum Gasteiger partial charge on any atom is 0.193 e. The Bertz CT molecular complexity index is 752. The number of carbonyl (C=O) groups is 1. The van der Waals surface area contributed by atoms with Crippen molar-refractivity contribution in [1.29, 1.82) is 0 Å². The number of rotatable bonds is 5. The summed E-state index contributed by atoms with van der Waals surface area (Å²) in [5, 5.41) is 0. The molecule has 126 valence electrons. The predicted octanol–water partition coefficient (Wildman–Crippen LogP) is 4.30. The van der Waals surface area contributed by atoms with Crippen LogP contribution in [-0.4, -0.2) is 25.1 Å². The van der Waals surface area contributed by atoms with Crippen molar-refractivity contribution in [1.82, 2.24) is 0 Å². The van der Waals surface area contributed by atoms with E-state index in [9.17, 15) is 4.79 Å². The lowest BCUT2D eigenvalue weighted by Gasteiger charge is -2.22. The van der Waals surface area contributed by atoms with E-state index in [0.717, 1.165) is 34.6 Å². The Morgan fingerprint density at radius 1 is 1.17 bits per heavy atom. The molecule has 2 aromatic rings. The van der Waals surface area contributed by atoms with E-state index in [1.807, 2.05) is 49.4 Å². The minimum absolute atomic E-state index is 0.0649. The van der Waals surface area contributed by atoms with Gasteiger partial charge in [-0.05, 0) is 41.7 Å². The van der Waals surface area contributed by atoms with E-state index >= 15 is 0 Å². The number of carbonyl (C=O) groups excluding carboxylic acids is 1.